The van der Waals surface area contributed by atoms with E-state index in [4.69, 9.17) is 34.8 Å². The highest BCUT2D eigenvalue weighted by Crippen LogP contribution is 2.28. The first kappa shape index (κ1) is 21.9. The summed E-state index contributed by atoms with van der Waals surface area (Å²) in [7, 11) is 0. The number of hydrogen-bond donors (Lipinski definition) is 2. The molecule has 1 aromatic heterocycles. The molecule has 0 fully saturated rings. The number of hydrazone groups is 1. The summed E-state index contributed by atoms with van der Waals surface area (Å²) in [5.41, 5.74) is 5.94. The predicted molar refractivity (Wildman–Crippen MR) is 121 cm³/mol. The van der Waals surface area contributed by atoms with Crippen LogP contribution in [-0.2, 0) is 9.59 Å². The first-order valence-corrected chi connectivity index (χ1v) is 9.94. The summed E-state index contributed by atoms with van der Waals surface area (Å²) >= 11 is 18.2. The Morgan fingerprint density at radius 3 is 2.40 bits per heavy atom. The monoisotopic (exact) mass is 462 g/mol. The van der Waals surface area contributed by atoms with Gasteiger partial charge in [-0.25, -0.2) is 5.43 Å². The van der Waals surface area contributed by atoms with Crippen molar-refractivity contribution in [2.24, 2.45) is 5.10 Å². The highest BCUT2D eigenvalue weighted by atomic mass is 35.5. The van der Waals surface area contributed by atoms with Gasteiger partial charge in [0.25, 0.3) is 0 Å². The summed E-state index contributed by atoms with van der Waals surface area (Å²) in [6.07, 6.45) is 1.47. The first-order chi connectivity index (χ1) is 14.3. The Morgan fingerprint density at radius 2 is 1.70 bits per heavy atom. The van der Waals surface area contributed by atoms with Crippen LogP contribution in [0, 0.1) is 13.8 Å². The molecule has 0 atom stereocenters. The van der Waals surface area contributed by atoms with Crippen molar-refractivity contribution in [2.75, 3.05) is 5.32 Å². The van der Waals surface area contributed by atoms with E-state index in [-0.39, 0.29) is 0 Å². The summed E-state index contributed by atoms with van der Waals surface area (Å²) in [5.74, 6) is -1.76. The van der Waals surface area contributed by atoms with Crippen LogP contribution in [0.5, 0.6) is 0 Å². The van der Waals surface area contributed by atoms with E-state index in [0.717, 1.165) is 22.6 Å². The largest absolute Gasteiger partial charge is 0.329 e. The quantitative estimate of drug-likeness (QED) is 0.319. The maximum absolute atomic E-state index is 12.0. The summed E-state index contributed by atoms with van der Waals surface area (Å²) in [6.45, 7) is 3.82. The molecule has 0 spiro atoms. The van der Waals surface area contributed by atoms with Crippen LogP contribution in [0.3, 0.4) is 0 Å². The van der Waals surface area contributed by atoms with E-state index in [1.165, 1.54) is 12.3 Å². The average molecular weight is 464 g/mol. The highest BCUT2D eigenvalue weighted by Gasteiger charge is 2.14. The Kier molecular flexibility index (Phi) is 6.82. The molecule has 0 aliphatic heterocycles. The Morgan fingerprint density at radius 1 is 0.967 bits per heavy atom. The predicted octanol–water partition coefficient (Wildman–Crippen LogP) is 5.14. The van der Waals surface area contributed by atoms with Crippen LogP contribution >= 0.6 is 34.8 Å². The lowest BCUT2D eigenvalue weighted by Gasteiger charge is -2.11. The van der Waals surface area contributed by atoms with Gasteiger partial charge in [0, 0.05) is 32.7 Å². The number of hydrogen-bond acceptors (Lipinski definition) is 3. The number of rotatable bonds is 4. The zero-order valence-electron chi connectivity index (χ0n) is 16.0. The molecule has 0 bridgehead atoms. The van der Waals surface area contributed by atoms with Crippen LogP contribution in [0.2, 0.25) is 15.1 Å². The number of carbonyl (C=O) groups excluding carboxylic acids is 2. The third kappa shape index (κ3) is 5.02. The fourth-order valence-corrected chi connectivity index (χ4v) is 3.60. The topological polar surface area (TPSA) is 75.5 Å². The third-order valence-electron chi connectivity index (χ3n) is 4.28. The first-order valence-electron chi connectivity index (χ1n) is 8.80. The number of aromatic nitrogens is 1. The summed E-state index contributed by atoms with van der Waals surface area (Å²) < 4.78 is 1.95. The van der Waals surface area contributed by atoms with Gasteiger partial charge < -0.3 is 9.88 Å². The number of amides is 2. The second-order valence-corrected chi connectivity index (χ2v) is 7.70. The molecule has 2 amide bonds. The molecule has 2 N–H and O–H groups in total. The molecule has 0 aliphatic carbocycles. The Bertz CT molecular complexity index is 1160. The number of nitrogens with zero attached hydrogens (tertiary/aromatic N) is 2. The molecule has 9 heteroatoms. The molecule has 30 heavy (non-hydrogen) atoms. The molecule has 1 heterocycles. The van der Waals surface area contributed by atoms with E-state index in [1.807, 2.05) is 30.5 Å². The maximum atomic E-state index is 12.0. The highest BCUT2D eigenvalue weighted by molar-refractivity contribution is 6.40. The number of benzene rings is 2. The van der Waals surface area contributed by atoms with Crippen LogP contribution in [0.1, 0.15) is 17.0 Å². The van der Waals surface area contributed by atoms with E-state index in [1.54, 1.807) is 30.3 Å². The molecule has 0 aliphatic rings. The molecule has 0 unspecified atom stereocenters. The van der Waals surface area contributed by atoms with E-state index >= 15 is 0 Å². The molecule has 6 nitrogen and oxygen atoms in total. The molecular weight excluding hydrogens is 447 g/mol. The van der Waals surface area contributed by atoms with Crippen molar-refractivity contribution in [2.45, 2.75) is 13.8 Å². The van der Waals surface area contributed by atoms with Crippen molar-refractivity contribution in [1.29, 1.82) is 0 Å². The minimum atomic E-state index is -0.902. The Labute approximate surface area is 188 Å². The second kappa shape index (κ2) is 9.34. The molecular formula is C21H17Cl3N4O2. The number of carbonyl (C=O) groups is 2. The van der Waals surface area contributed by atoms with Crippen LogP contribution in [0.25, 0.3) is 5.69 Å². The molecule has 3 rings (SSSR count). The zero-order chi connectivity index (χ0) is 21.8. The van der Waals surface area contributed by atoms with Crippen molar-refractivity contribution in [3.8, 4) is 5.69 Å². The van der Waals surface area contributed by atoms with E-state index < -0.39 is 11.8 Å². The minimum absolute atomic E-state index is 0.412. The van der Waals surface area contributed by atoms with Gasteiger partial charge in [-0.15, -0.1) is 0 Å². The van der Waals surface area contributed by atoms with Gasteiger partial charge in [-0.3, -0.25) is 9.59 Å². The number of aryl methyl sites for hydroxylation is 1. The molecule has 154 valence electrons. The van der Waals surface area contributed by atoms with Crippen LogP contribution in [0.4, 0.5) is 5.69 Å². The normalized spacial score (nSPS) is 11.0. The van der Waals surface area contributed by atoms with Gasteiger partial charge in [-0.1, -0.05) is 40.9 Å². The maximum Gasteiger partial charge on any atom is 0.329 e. The number of nitrogens with one attached hydrogen (secondary N) is 2. The summed E-state index contributed by atoms with van der Waals surface area (Å²) in [6, 6.07) is 13.6. The van der Waals surface area contributed by atoms with E-state index in [9.17, 15) is 9.59 Å². The van der Waals surface area contributed by atoms with E-state index in [0.29, 0.717) is 20.8 Å². The summed E-state index contributed by atoms with van der Waals surface area (Å²) in [4.78, 5) is 23.9. The number of anilines is 1. The van der Waals surface area contributed by atoms with Crippen molar-refractivity contribution in [1.82, 2.24) is 9.99 Å². The molecule has 0 radical (unpaired) electrons. The second-order valence-electron chi connectivity index (χ2n) is 6.42. The van der Waals surface area contributed by atoms with Crippen molar-refractivity contribution < 1.29 is 9.59 Å². The van der Waals surface area contributed by atoms with Gasteiger partial charge >= 0.3 is 11.8 Å². The fraction of sp³-hybridized carbons (Fsp3) is 0.0952. The van der Waals surface area contributed by atoms with Crippen molar-refractivity contribution >= 4 is 58.5 Å². The van der Waals surface area contributed by atoms with Gasteiger partial charge in [0.2, 0.25) is 0 Å². The van der Waals surface area contributed by atoms with Crippen molar-refractivity contribution in [3.63, 3.8) is 0 Å². The lowest BCUT2D eigenvalue weighted by Crippen LogP contribution is -2.32. The summed E-state index contributed by atoms with van der Waals surface area (Å²) in [5, 5.41) is 7.84. The van der Waals surface area contributed by atoms with Gasteiger partial charge in [0.05, 0.1) is 16.9 Å². The smallest absolute Gasteiger partial charge is 0.318 e. The third-order valence-corrected chi connectivity index (χ3v) is 5.05. The lowest BCUT2D eigenvalue weighted by molar-refractivity contribution is -0.136. The molecule has 0 saturated carbocycles. The van der Waals surface area contributed by atoms with Crippen LogP contribution in [-0.4, -0.2) is 22.6 Å². The Hall–Kier alpha value is -2.80. The molecule has 0 saturated heterocycles. The Balaban J connectivity index is 1.70. The lowest BCUT2D eigenvalue weighted by atomic mass is 10.2. The standard InChI is InChI=1S/C21H17Cl3N4O2/c1-12-8-14(13(2)28(12)19-7-6-16(23)10-18(19)24)11-25-27-21(30)20(29)26-17-5-3-4-15(22)9-17/h3-11H,1-2H3,(H,26,29)(H,27,30)/b25-11-. The zero-order valence-corrected chi connectivity index (χ0v) is 18.3. The fourth-order valence-electron chi connectivity index (χ4n) is 2.92. The van der Waals surface area contributed by atoms with Gasteiger partial charge in [-0.05, 0) is 56.3 Å². The SMILES string of the molecule is Cc1cc(/C=N\NC(=O)C(=O)Nc2cccc(Cl)c2)c(C)n1-c1ccc(Cl)cc1Cl. The molecule has 3 aromatic rings. The van der Waals surface area contributed by atoms with Gasteiger partial charge in [0.1, 0.15) is 0 Å². The van der Waals surface area contributed by atoms with Crippen LogP contribution in [0.15, 0.2) is 53.6 Å². The van der Waals surface area contributed by atoms with Gasteiger partial charge in [-0.2, -0.15) is 5.10 Å². The molecule has 2 aromatic carbocycles. The minimum Gasteiger partial charge on any atom is -0.318 e. The van der Waals surface area contributed by atoms with Crippen LogP contribution < -0.4 is 10.7 Å². The number of halogens is 3. The van der Waals surface area contributed by atoms with E-state index in [2.05, 4.69) is 15.8 Å². The van der Waals surface area contributed by atoms with Gasteiger partial charge in [0.15, 0.2) is 0 Å². The average Bonchev–Trinajstić information content (AvgIpc) is 2.95. The van der Waals surface area contributed by atoms with Crippen molar-refractivity contribution in [3.05, 3.63) is 80.6 Å².